The lowest BCUT2D eigenvalue weighted by atomic mass is 9.94. The summed E-state index contributed by atoms with van der Waals surface area (Å²) in [4.78, 5) is 0. The number of rotatable bonds is 5. The fourth-order valence-electron chi connectivity index (χ4n) is 0.768. The summed E-state index contributed by atoms with van der Waals surface area (Å²) in [7, 11) is 1.70. The van der Waals surface area contributed by atoms with E-state index < -0.39 is 0 Å². The number of aliphatic hydroxyl groups excluding tert-OH is 1. The summed E-state index contributed by atoms with van der Waals surface area (Å²) in [5, 5.41) is 8.76. The number of ether oxygens (including phenoxy) is 1. The normalized spacial score (nSPS) is 16.8. The van der Waals surface area contributed by atoms with Gasteiger partial charge in [-0.3, -0.25) is 0 Å². The van der Waals surface area contributed by atoms with Gasteiger partial charge in [0.05, 0.1) is 0 Å². The van der Waals surface area contributed by atoms with Crippen molar-refractivity contribution >= 4 is 0 Å². The van der Waals surface area contributed by atoms with Gasteiger partial charge in [0.2, 0.25) is 0 Å². The van der Waals surface area contributed by atoms with Crippen LogP contribution in [0.3, 0.4) is 0 Å². The lowest BCUT2D eigenvalue weighted by Gasteiger charge is -2.16. The lowest BCUT2D eigenvalue weighted by molar-refractivity contribution is 0.142. The molecule has 0 aromatic carbocycles. The van der Waals surface area contributed by atoms with Crippen molar-refractivity contribution in [2.45, 2.75) is 20.3 Å². The second-order valence-electron chi connectivity index (χ2n) is 2.92. The molecule has 2 unspecified atom stereocenters. The van der Waals surface area contributed by atoms with E-state index in [1.165, 1.54) is 0 Å². The Morgan fingerprint density at radius 1 is 1.30 bits per heavy atom. The predicted octanol–water partition coefficient (Wildman–Crippen LogP) is 1.29. The minimum Gasteiger partial charge on any atom is -0.396 e. The molecule has 0 fully saturated rings. The van der Waals surface area contributed by atoms with Gasteiger partial charge in [-0.25, -0.2) is 0 Å². The summed E-state index contributed by atoms with van der Waals surface area (Å²) in [5.41, 5.74) is 0. The van der Waals surface area contributed by atoms with Crippen LogP contribution >= 0.6 is 0 Å². The first kappa shape index (κ1) is 9.92. The van der Waals surface area contributed by atoms with Crippen LogP contribution in [0.4, 0.5) is 0 Å². The molecule has 10 heavy (non-hydrogen) atoms. The van der Waals surface area contributed by atoms with Gasteiger partial charge in [-0.05, 0) is 18.3 Å². The molecule has 2 heteroatoms. The van der Waals surface area contributed by atoms with E-state index in [1.54, 1.807) is 7.11 Å². The second kappa shape index (κ2) is 5.69. The third-order valence-corrected chi connectivity index (χ3v) is 2.04. The molecule has 2 atom stereocenters. The molecule has 0 bridgehead atoms. The van der Waals surface area contributed by atoms with Crippen LogP contribution in [0.15, 0.2) is 0 Å². The first-order chi connectivity index (χ1) is 4.72. The maximum absolute atomic E-state index is 8.76. The summed E-state index contributed by atoms with van der Waals surface area (Å²) in [6, 6.07) is 0. The van der Waals surface area contributed by atoms with Crippen LogP contribution in [0.25, 0.3) is 0 Å². The second-order valence-corrected chi connectivity index (χ2v) is 2.92. The molecule has 62 valence electrons. The molecule has 0 aromatic heterocycles. The highest BCUT2D eigenvalue weighted by atomic mass is 16.5. The van der Waals surface area contributed by atoms with Crippen LogP contribution in [-0.2, 0) is 4.74 Å². The molecule has 0 amide bonds. The van der Waals surface area contributed by atoms with Crippen molar-refractivity contribution in [1.82, 2.24) is 0 Å². The van der Waals surface area contributed by atoms with E-state index in [2.05, 4.69) is 13.8 Å². The quantitative estimate of drug-likeness (QED) is 0.633. The van der Waals surface area contributed by atoms with Crippen molar-refractivity contribution < 1.29 is 9.84 Å². The van der Waals surface area contributed by atoms with Crippen molar-refractivity contribution in [3.63, 3.8) is 0 Å². The van der Waals surface area contributed by atoms with E-state index in [1.807, 2.05) is 0 Å². The molecule has 0 aliphatic rings. The first-order valence-corrected chi connectivity index (χ1v) is 3.82. The van der Waals surface area contributed by atoms with E-state index in [9.17, 15) is 0 Å². The Morgan fingerprint density at radius 3 is 2.30 bits per heavy atom. The van der Waals surface area contributed by atoms with Crippen LogP contribution in [0.5, 0.6) is 0 Å². The zero-order valence-electron chi connectivity index (χ0n) is 7.13. The molecule has 0 rings (SSSR count). The zero-order valence-corrected chi connectivity index (χ0v) is 7.13. The van der Waals surface area contributed by atoms with Gasteiger partial charge >= 0.3 is 0 Å². The summed E-state index contributed by atoms with van der Waals surface area (Å²) in [6.45, 7) is 5.27. The summed E-state index contributed by atoms with van der Waals surface area (Å²) in [5.74, 6) is 0.958. The first-order valence-electron chi connectivity index (χ1n) is 3.82. The van der Waals surface area contributed by atoms with Gasteiger partial charge in [-0.2, -0.15) is 0 Å². The van der Waals surface area contributed by atoms with Gasteiger partial charge in [-0.15, -0.1) is 0 Å². The molecule has 2 nitrogen and oxygen atoms in total. The average molecular weight is 146 g/mol. The molecule has 0 saturated heterocycles. The number of hydrogen-bond donors (Lipinski definition) is 1. The molecule has 0 saturated carbocycles. The van der Waals surface area contributed by atoms with Gasteiger partial charge in [0.1, 0.15) is 0 Å². The van der Waals surface area contributed by atoms with Crippen molar-refractivity contribution in [3.05, 3.63) is 0 Å². The highest BCUT2D eigenvalue weighted by Crippen LogP contribution is 2.13. The smallest absolute Gasteiger partial charge is 0.0464 e. The van der Waals surface area contributed by atoms with Crippen LogP contribution < -0.4 is 0 Å². The van der Waals surface area contributed by atoms with Gasteiger partial charge in [-0.1, -0.05) is 13.8 Å². The highest BCUT2D eigenvalue weighted by molar-refractivity contribution is 4.59. The van der Waals surface area contributed by atoms with Gasteiger partial charge in [0.15, 0.2) is 0 Å². The topological polar surface area (TPSA) is 29.5 Å². The molecule has 0 aliphatic heterocycles. The zero-order chi connectivity index (χ0) is 7.98. The van der Waals surface area contributed by atoms with Crippen LogP contribution in [0.1, 0.15) is 20.3 Å². The Hall–Kier alpha value is -0.0800. The monoisotopic (exact) mass is 146 g/mol. The molecule has 1 N–H and O–H groups in total. The summed E-state index contributed by atoms with van der Waals surface area (Å²) in [6.07, 6.45) is 1.04. The van der Waals surface area contributed by atoms with Crippen molar-refractivity contribution in [2.24, 2.45) is 11.8 Å². The third kappa shape index (κ3) is 3.85. The molecule has 0 aliphatic carbocycles. The van der Waals surface area contributed by atoms with E-state index in [4.69, 9.17) is 9.84 Å². The SMILES string of the molecule is COCCC(C)C(C)CO. The molecular weight excluding hydrogens is 128 g/mol. The van der Waals surface area contributed by atoms with E-state index >= 15 is 0 Å². The summed E-state index contributed by atoms with van der Waals surface area (Å²) < 4.78 is 4.93. The molecule has 0 radical (unpaired) electrons. The van der Waals surface area contributed by atoms with E-state index in [0.717, 1.165) is 13.0 Å². The fraction of sp³-hybridized carbons (Fsp3) is 1.00. The van der Waals surface area contributed by atoms with Gasteiger partial charge in [0, 0.05) is 20.3 Å². The Morgan fingerprint density at radius 2 is 1.90 bits per heavy atom. The Balaban J connectivity index is 3.31. The van der Waals surface area contributed by atoms with Crippen LogP contribution in [0, 0.1) is 11.8 Å². The van der Waals surface area contributed by atoms with Crippen LogP contribution in [0.2, 0.25) is 0 Å². The van der Waals surface area contributed by atoms with Crippen molar-refractivity contribution in [2.75, 3.05) is 20.3 Å². The number of hydrogen-bond acceptors (Lipinski definition) is 2. The van der Waals surface area contributed by atoms with Gasteiger partial charge in [0.25, 0.3) is 0 Å². The maximum atomic E-state index is 8.76. The Labute approximate surface area is 63.2 Å². The lowest BCUT2D eigenvalue weighted by Crippen LogP contribution is -2.13. The van der Waals surface area contributed by atoms with Crippen molar-refractivity contribution in [3.8, 4) is 0 Å². The third-order valence-electron chi connectivity index (χ3n) is 2.04. The summed E-state index contributed by atoms with van der Waals surface area (Å²) >= 11 is 0. The fourth-order valence-corrected chi connectivity index (χ4v) is 0.768. The number of methoxy groups -OCH3 is 1. The largest absolute Gasteiger partial charge is 0.396 e. The average Bonchev–Trinajstić information content (AvgIpc) is 1.98. The van der Waals surface area contributed by atoms with Gasteiger partial charge < -0.3 is 9.84 Å². The van der Waals surface area contributed by atoms with Crippen LogP contribution in [-0.4, -0.2) is 25.4 Å². The minimum atomic E-state index is 0.283. The Bertz CT molecular complexity index is 73.7. The van der Waals surface area contributed by atoms with E-state index in [-0.39, 0.29) is 6.61 Å². The minimum absolute atomic E-state index is 0.283. The maximum Gasteiger partial charge on any atom is 0.0464 e. The number of aliphatic hydroxyl groups is 1. The van der Waals surface area contributed by atoms with E-state index in [0.29, 0.717) is 11.8 Å². The predicted molar refractivity (Wildman–Crippen MR) is 41.9 cm³/mol. The standard InChI is InChI=1S/C8H18O2/c1-7(4-5-10-3)8(2)6-9/h7-9H,4-6H2,1-3H3. The molecule has 0 heterocycles. The molecular formula is C8H18O2. The molecule has 0 spiro atoms. The Kier molecular flexibility index (Phi) is 5.64. The van der Waals surface area contributed by atoms with Crippen molar-refractivity contribution in [1.29, 1.82) is 0 Å². The highest BCUT2D eigenvalue weighted by Gasteiger charge is 2.09. The molecule has 0 aromatic rings.